The summed E-state index contributed by atoms with van der Waals surface area (Å²) in [5, 5.41) is 11.8. The van der Waals surface area contributed by atoms with E-state index in [1.807, 2.05) is 24.3 Å². The second kappa shape index (κ2) is 7.39. The molecular weight excluding hydrogens is 358 g/mol. The number of nitrogens with one attached hydrogen (secondary N) is 1. The minimum Gasteiger partial charge on any atom is -0.481 e. The van der Waals surface area contributed by atoms with Gasteiger partial charge >= 0.3 is 5.97 Å². The van der Waals surface area contributed by atoms with Crippen molar-refractivity contribution < 1.29 is 14.7 Å². The summed E-state index contributed by atoms with van der Waals surface area (Å²) in [4.78, 5) is 23.4. The van der Waals surface area contributed by atoms with E-state index < -0.39 is 5.97 Å². The Balaban J connectivity index is 1.36. The minimum atomic E-state index is -0.768. The van der Waals surface area contributed by atoms with Crippen molar-refractivity contribution in [2.45, 2.75) is 36.9 Å². The second-order valence-electron chi connectivity index (χ2n) is 7.46. The molecule has 1 fully saturated rings. The van der Waals surface area contributed by atoms with E-state index in [-0.39, 0.29) is 23.7 Å². The average molecular weight is 381 g/mol. The molecule has 2 atom stereocenters. The van der Waals surface area contributed by atoms with Gasteiger partial charge in [-0.05, 0) is 48.1 Å². The van der Waals surface area contributed by atoms with Crippen molar-refractivity contribution in [3.8, 4) is 0 Å². The number of anilines is 1. The van der Waals surface area contributed by atoms with E-state index in [9.17, 15) is 9.59 Å². The molecule has 2 aromatic carbocycles. The van der Waals surface area contributed by atoms with Crippen LogP contribution >= 0.6 is 11.8 Å². The molecule has 0 aliphatic heterocycles. The van der Waals surface area contributed by atoms with E-state index in [0.29, 0.717) is 5.75 Å². The summed E-state index contributed by atoms with van der Waals surface area (Å²) in [5.41, 5.74) is 4.75. The topological polar surface area (TPSA) is 66.4 Å². The van der Waals surface area contributed by atoms with Crippen LogP contribution in [0.15, 0.2) is 48.5 Å². The first-order chi connectivity index (χ1) is 13.1. The average Bonchev–Trinajstić information content (AvgIpc) is 3.28. The van der Waals surface area contributed by atoms with Crippen LogP contribution in [-0.4, -0.2) is 22.7 Å². The third kappa shape index (κ3) is 3.74. The fraction of sp³-hybridized carbons (Fsp3) is 0.364. The van der Waals surface area contributed by atoms with Crippen molar-refractivity contribution in [2.75, 3.05) is 11.1 Å². The Hall–Kier alpha value is -2.27. The van der Waals surface area contributed by atoms with Crippen molar-refractivity contribution >= 4 is 29.3 Å². The second-order valence-corrected chi connectivity index (χ2v) is 8.56. The summed E-state index contributed by atoms with van der Waals surface area (Å²) in [6.07, 6.45) is 3.26. The molecule has 0 heterocycles. The van der Waals surface area contributed by atoms with Gasteiger partial charge in [0.1, 0.15) is 0 Å². The van der Waals surface area contributed by atoms with E-state index >= 15 is 0 Å². The highest BCUT2D eigenvalue weighted by Gasteiger charge is 2.61. The number of carbonyl (C=O) groups is 2. The summed E-state index contributed by atoms with van der Waals surface area (Å²) >= 11 is 1.59. The van der Waals surface area contributed by atoms with Gasteiger partial charge in [-0.2, -0.15) is 11.8 Å². The lowest BCUT2D eigenvalue weighted by molar-refractivity contribution is -0.136. The summed E-state index contributed by atoms with van der Waals surface area (Å²) in [6, 6.07) is 16.4. The van der Waals surface area contributed by atoms with E-state index in [2.05, 4.69) is 29.6 Å². The molecule has 2 aliphatic carbocycles. The van der Waals surface area contributed by atoms with Crippen LogP contribution in [-0.2, 0) is 27.2 Å². The number of carbonyl (C=O) groups excluding carboxylic acids is 1. The van der Waals surface area contributed by atoms with Gasteiger partial charge in [0, 0.05) is 28.5 Å². The number of aliphatic carboxylic acids is 1. The summed E-state index contributed by atoms with van der Waals surface area (Å²) in [5.74, 6) is 0.751. The SMILES string of the molecule is O=C(O)CCSCc1cccc(NC(=O)C2CC23CCc2ccccc23)c1. The van der Waals surface area contributed by atoms with Crippen LogP contribution in [0.4, 0.5) is 5.69 Å². The Morgan fingerprint density at radius 2 is 2.04 bits per heavy atom. The number of hydrogen-bond donors (Lipinski definition) is 2. The van der Waals surface area contributed by atoms with Crippen molar-refractivity contribution in [3.63, 3.8) is 0 Å². The van der Waals surface area contributed by atoms with Crippen molar-refractivity contribution in [1.29, 1.82) is 0 Å². The van der Waals surface area contributed by atoms with Crippen LogP contribution < -0.4 is 5.32 Å². The summed E-state index contributed by atoms with van der Waals surface area (Å²) in [7, 11) is 0. The van der Waals surface area contributed by atoms with E-state index in [0.717, 1.165) is 36.3 Å². The van der Waals surface area contributed by atoms with E-state index in [4.69, 9.17) is 5.11 Å². The molecule has 2 aromatic rings. The maximum Gasteiger partial charge on any atom is 0.304 e. The highest BCUT2D eigenvalue weighted by atomic mass is 32.2. The largest absolute Gasteiger partial charge is 0.481 e. The molecule has 0 bridgehead atoms. The fourth-order valence-corrected chi connectivity index (χ4v) is 5.14. The Kier molecular flexibility index (Phi) is 4.96. The molecule has 1 saturated carbocycles. The zero-order chi connectivity index (χ0) is 18.9. The molecule has 1 amide bonds. The number of amides is 1. The molecular formula is C22H23NO3S. The summed E-state index contributed by atoms with van der Waals surface area (Å²) in [6.45, 7) is 0. The number of aryl methyl sites for hydroxylation is 1. The van der Waals surface area contributed by atoms with Crippen LogP contribution in [0.3, 0.4) is 0 Å². The van der Waals surface area contributed by atoms with Crippen molar-refractivity contribution in [2.24, 2.45) is 5.92 Å². The monoisotopic (exact) mass is 381 g/mol. The van der Waals surface area contributed by atoms with Crippen LogP contribution in [0.5, 0.6) is 0 Å². The molecule has 140 valence electrons. The highest BCUT2D eigenvalue weighted by molar-refractivity contribution is 7.98. The Morgan fingerprint density at radius 3 is 2.89 bits per heavy atom. The van der Waals surface area contributed by atoms with Gasteiger partial charge < -0.3 is 10.4 Å². The Bertz CT molecular complexity index is 881. The number of hydrogen-bond acceptors (Lipinski definition) is 3. The zero-order valence-corrected chi connectivity index (χ0v) is 15.9. The maximum atomic E-state index is 12.8. The highest BCUT2D eigenvalue weighted by Crippen LogP contribution is 2.61. The molecule has 5 heteroatoms. The Labute approximate surface area is 163 Å². The number of benzene rings is 2. The van der Waals surface area contributed by atoms with Crippen molar-refractivity contribution in [1.82, 2.24) is 0 Å². The van der Waals surface area contributed by atoms with Gasteiger partial charge in [-0.15, -0.1) is 0 Å². The molecule has 0 radical (unpaired) electrons. The van der Waals surface area contributed by atoms with Gasteiger partial charge in [-0.3, -0.25) is 9.59 Å². The van der Waals surface area contributed by atoms with Gasteiger partial charge in [0.15, 0.2) is 0 Å². The van der Waals surface area contributed by atoms with Crippen LogP contribution in [0.1, 0.15) is 36.0 Å². The molecule has 2 unspecified atom stereocenters. The number of fused-ring (bicyclic) bond motifs is 2. The summed E-state index contributed by atoms with van der Waals surface area (Å²) < 4.78 is 0. The first kappa shape index (κ1) is 18.1. The smallest absolute Gasteiger partial charge is 0.304 e. The van der Waals surface area contributed by atoms with Gasteiger partial charge in [0.25, 0.3) is 0 Å². The van der Waals surface area contributed by atoms with Crippen LogP contribution in [0.25, 0.3) is 0 Å². The van der Waals surface area contributed by atoms with Gasteiger partial charge in [0.05, 0.1) is 6.42 Å². The van der Waals surface area contributed by atoms with Crippen LogP contribution in [0, 0.1) is 5.92 Å². The first-order valence-electron chi connectivity index (χ1n) is 9.36. The zero-order valence-electron chi connectivity index (χ0n) is 15.1. The first-order valence-corrected chi connectivity index (χ1v) is 10.5. The molecule has 0 aromatic heterocycles. The fourth-order valence-electron chi connectivity index (χ4n) is 4.26. The number of rotatable bonds is 7. The van der Waals surface area contributed by atoms with Crippen LogP contribution in [0.2, 0.25) is 0 Å². The van der Waals surface area contributed by atoms with E-state index in [1.54, 1.807) is 11.8 Å². The molecule has 4 rings (SSSR count). The third-order valence-corrected chi connectivity index (χ3v) is 6.74. The van der Waals surface area contributed by atoms with E-state index in [1.165, 1.54) is 11.1 Å². The van der Waals surface area contributed by atoms with Gasteiger partial charge in [-0.25, -0.2) is 0 Å². The minimum absolute atomic E-state index is 0.0605. The number of carboxylic acid groups (broad SMARTS) is 1. The maximum absolute atomic E-state index is 12.8. The van der Waals surface area contributed by atoms with Gasteiger partial charge in [-0.1, -0.05) is 36.4 Å². The van der Waals surface area contributed by atoms with Crippen molar-refractivity contribution in [3.05, 3.63) is 65.2 Å². The quantitative estimate of drug-likeness (QED) is 0.704. The molecule has 0 saturated heterocycles. The predicted octanol–water partition coefficient (Wildman–Crippen LogP) is 4.24. The molecule has 2 aliphatic rings. The lowest BCUT2D eigenvalue weighted by Crippen LogP contribution is -2.19. The van der Waals surface area contributed by atoms with Gasteiger partial charge in [0.2, 0.25) is 5.91 Å². The predicted molar refractivity (Wildman–Crippen MR) is 108 cm³/mol. The molecule has 1 spiro atoms. The molecule has 4 nitrogen and oxygen atoms in total. The Morgan fingerprint density at radius 1 is 1.19 bits per heavy atom. The normalized spacial score (nSPS) is 22.4. The number of thioether (sulfide) groups is 1. The lowest BCUT2D eigenvalue weighted by Gasteiger charge is -2.12. The third-order valence-electron chi connectivity index (χ3n) is 5.71. The number of carboxylic acids is 1. The molecule has 2 N–H and O–H groups in total. The standard InChI is InChI=1S/C22H23NO3S/c24-20(25)9-11-27-14-15-4-3-6-17(12-15)23-21(26)19-13-22(19)10-8-16-5-1-2-7-18(16)22/h1-7,12,19H,8-11,13-14H2,(H,23,26)(H,24,25). The molecule has 27 heavy (non-hydrogen) atoms. The lowest BCUT2D eigenvalue weighted by atomic mass is 9.95.